The number of aromatic nitrogens is 3. The number of hydrogen-bond donors (Lipinski definition) is 4. The van der Waals surface area contributed by atoms with E-state index in [9.17, 15) is 15.3 Å². The Morgan fingerprint density at radius 1 is 1.38 bits per heavy atom. The van der Waals surface area contributed by atoms with Gasteiger partial charge in [-0.2, -0.15) is 0 Å². The lowest BCUT2D eigenvalue weighted by atomic mass is 10.1. The second-order valence-electron chi connectivity index (χ2n) is 4.90. The van der Waals surface area contributed by atoms with E-state index in [2.05, 4.69) is 31.6 Å². The summed E-state index contributed by atoms with van der Waals surface area (Å²) in [5.41, 5.74) is 0.574. The van der Waals surface area contributed by atoms with Crippen LogP contribution in [0.15, 0.2) is 18.6 Å². The summed E-state index contributed by atoms with van der Waals surface area (Å²) in [6, 6.07) is 1.80. The van der Waals surface area contributed by atoms with E-state index in [0.29, 0.717) is 11.5 Å². The lowest BCUT2D eigenvalue weighted by Gasteiger charge is -2.18. The second kappa shape index (κ2) is 5.53. The molecule has 0 bridgehead atoms. The highest BCUT2D eigenvalue weighted by Gasteiger charge is 2.45. The summed E-state index contributed by atoms with van der Waals surface area (Å²) < 4.78 is 7.21. The van der Waals surface area contributed by atoms with E-state index >= 15 is 0 Å². The average molecular weight is 306 g/mol. The molecule has 2 aromatic rings. The molecule has 0 aliphatic carbocycles. The van der Waals surface area contributed by atoms with Crippen molar-refractivity contribution in [3.63, 3.8) is 0 Å². The van der Waals surface area contributed by atoms with Gasteiger partial charge in [-0.15, -0.1) is 0 Å². The Balaban J connectivity index is 2.02. The molecule has 110 valence electrons. The minimum atomic E-state index is -1.18. The maximum Gasteiger partial charge on any atom is 0.175 e. The Hall–Kier alpha value is -1.21. The molecule has 0 amide bonds. The van der Waals surface area contributed by atoms with Gasteiger partial charge in [0.1, 0.15) is 30.0 Å². The molecule has 0 unspecified atom stereocenters. The number of rotatable bonds is 3. The van der Waals surface area contributed by atoms with Crippen LogP contribution in [0.5, 0.6) is 0 Å². The summed E-state index contributed by atoms with van der Waals surface area (Å²) in [4.78, 5) is 7.34. The molecule has 0 aromatic carbocycles. The van der Waals surface area contributed by atoms with Gasteiger partial charge < -0.3 is 29.9 Å². The molecule has 3 heterocycles. The normalized spacial score (nSPS) is 30.7. The third-order valence-electron chi connectivity index (χ3n) is 3.63. The summed E-state index contributed by atoms with van der Waals surface area (Å²) in [5, 5.41) is 33.4. The highest BCUT2D eigenvalue weighted by atomic mass is 27.0. The van der Waals surface area contributed by atoms with Gasteiger partial charge in [-0.3, -0.25) is 0 Å². The SMILES string of the molecule is CNc1ncnc2c1ccn2[C@@H]1O[C@H]([C@H](O)[Al])[C@@H](O)[C@H]1O. The van der Waals surface area contributed by atoms with Gasteiger partial charge in [0.15, 0.2) is 22.5 Å². The molecule has 1 fully saturated rings. The fourth-order valence-electron chi connectivity index (χ4n) is 2.57. The first kappa shape index (κ1) is 14.7. The first-order valence-electron chi connectivity index (χ1n) is 6.49. The number of nitrogens with zero attached hydrogens (tertiary/aromatic N) is 3. The van der Waals surface area contributed by atoms with Crippen molar-refractivity contribution in [3.8, 4) is 0 Å². The molecule has 1 saturated heterocycles. The Morgan fingerprint density at radius 3 is 2.76 bits per heavy atom. The molecule has 21 heavy (non-hydrogen) atoms. The summed E-state index contributed by atoms with van der Waals surface area (Å²) in [6.45, 7) is 0. The number of nitrogens with one attached hydrogen (secondary N) is 1. The van der Waals surface area contributed by atoms with Crippen LogP contribution in [-0.2, 0) is 4.74 Å². The average Bonchev–Trinajstić information content (AvgIpc) is 3.01. The number of hydrogen-bond acceptors (Lipinski definition) is 7. The number of fused-ring (bicyclic) bond motifs is 1. The molecule has 5 atom stereocenters. The standard InChI is InChI=1S/C12H15N4O4.Al/c1-13-10-6-2-3-16(11(6)15-5-14-10)12-9(19)8(18)7(4-17)20-12;/h2-5,7-9,12,17-19H,1H3,(H,13,14,15);/t7-,8-,9-,12-;/m1./s1. The maximum absolute atomic E-state index is 10.2. The smallest absolute Gasteiger partial charge is 0.175 e. The molecule has 0 saturated carbocycles. The largest absolute Gasteiger partial charge is 0.408 e. The molecular formula is C12H15AlN4O4. The first-order valence-corrected chi connectivity index (χ1v) is 7.15. The van der Waals surface area contributed by atoms with Gasteiger partial charge in [0.05, 0.1) is 11.5 Å². The van der Waals surface area contributed by atoms with Gasteiger partial charge in [-0.25, -0.2) is 9.97 Å². The zero-order valence-corrected chi connectivity index (χ0v) is 12.4. The summed E-state index contributed by atoms with van der Waals surface area (Å²) in [6.07, 6.45) is -0.919. The van der Waals surface area contributed by atoms with Gasteiger partial charge in [-0.1, -0.05) is 0 Å². The highest BCUT2D eigenvalue weighted by Crippen LogP contribution is 2.33. The third kappa shape index (κ3) is 2.32. The zero-order valence-electron chi connectivity index (χ0n) is 11.3. The van der Waals surface area contributed by atoms with Crippen molar-refractivity contribution in [1.29, 1.82) is 0 Å². The van der Waals surface area contributed by atoms with Crippen LogP contribution in [0.2, 0.25) is 0 Å². The predicted octanol–water partition coefficient (Wildman–Crippen LogP) is -1.42. The van der Waals surface area contributed by atoms with Gasteiger partial charge >= 0.3 is 0 Å². The van der Waals surface area contributed by atoms with Crippen molar-refractivity contribution < 1.29 is 20.1 Å². The Kier molecular flexibility index (Phi) is 3.88. The fourth-order valence-corrected chi connectivity index (χ4v) is 2.89. The third-order valence-corrected chi connectivity index (χ3v) is 4.01. The van der Waals surface area contributed by atoms with Gasteiger partial charge in [0, 0.05) is 18.2 Å². The van der Waals surface area contributed by atoms with Crippen molar-refractivity contribution in [1.82, 2.24) is 14.5 Å². The minimum Gasteiger partial charge on any atom is -0.408 e. The van der Waals surface area contributed by atoms with E-state index < -0.39 is 29.5 Å². The van der Waals surface area contributed by atoms with E-state index in [0.717, 1.165) is 5.39 Å². The van der Waals surface area contributed by atoms with Gasteiger partial charge in [0.25, 0.3) is 0 Å². The van der Waals surface area contributed by atoms with Crippen LogP contribution in [0.1, 0.15) is 6.23 Å². The van der Waals surface area contributed by atoms with Crippen LogP contribution in [-0.4, -0.2) is 76.5 Å². The minimum absolute atomic E-state index is 0.574. The van der Waals surface area contributed by atoms with Gasteiger partial charge in [-0.05, 0) is 6.07 Å². The molecule has 9 heteroatoms. The second-order valence-corrected chi connectivity index (χ2v) is 5.58. The summed E-state index contributed by atoms with van der Waals surface area (Å²) >= 11 is 2.15. The highest BCUT2D eigenvalue weighted by molar-refractivity contribution is 6.11. The molecule has 0 spiro atoms. The first-order chi connectivity index (χ1) is 10.0. The Bertz CT molecular complexity index is 649. The van der Waals surface area contributed by atoms with E-state index in [1.54, 1.807) is 23.9 Å². The predicted molar refractivity (Wildman–Crippen MR) is 74.8 cm³/mol. The molecule has 1 aliphatic heterocycles. The zero-order chi connectivity index (χ0) is 15.1. The van der Waals surface area contributed by atoms with Crippen LogP contribution >= 0.6 is 0 Å². The molecule has 2 aromatic heterocycles. The van der Waals surface area contributed by atoms with E-state index in [1.807, 2.05) is 0 Å². The number of aliphatic hydroxyl groups excluding tert-OH is 3. The number of ether oxygens (including phenoxy) is 1. The molecular weight excluding hydrogens is 291 g/mol. The topological polar surface area (TPSA) is 113 Å². The molecule has 3 rings (SSSR count). The fraction of sp³-hybridized carbons (Fsp3) is 0.500. The van der Waals surface area contributed by atoms with Gasteiger partial charge in [0.2, 0.25) is 0 Å². The molecule has 8 nitrogen and oxygen atoms in total. The van der Waals surface area contributed by atoms with Crippen molar-refractivity contribution in [3.05, 3.63) is 18.6 Å². The molecule has 1 aliphatic rings. The molecule has 2 radical (unpaired) electrons. The Labute approximate surface area is 128 Å². The maximum atomic E-state index is 10.2. The van der Waals surface area contributed by atoms with Crippen molar-refractivity contribution in [2.75, 3.05) is 12.4 Å². The monoisotopic (exact) mass is 306 g/mol. The van der Waals surface area contributed by atoms with Crippen LogP contribution in [0.25, 0.3) is 11.0 Å². The Morgan fingerprint density at radius 2 is 2.14 bits per heavy atom. The van der Waals surface area contributed by atoms with Crippen molar-refractivity contribution in [2.24, 2.45) is 0 Å². The van der Waals surface area contributed by atoms with E-state index in [1.165, 1.54) is 6.33 Å². The lowest BCUT2D eigenvalue weighted by Crippen LogP contribution is -2.38. The number of anilines is 1. The van der Waals surface area contributed by atoms with Crippen LogP contribution in [0.4, 0.5) is 5.82 Å². The summed E-state index contributed by atoms with van der Waals surface area (Å²) in [5.74, 6) is 0.661. The number of aliphatic hydroxyl groups is 3. The van der Waals surface area contributed by atoms with Crippen molar-refractivity contribution in [2.45, 2.75) is 29.5 Å². The van der Waals surface area contributed by atoms with Crippen molar-refractivity contribution >= 4 is 33.1 Å². The van der Waals surface area contributed by atoms with Crippen LogP contribution in [0.3, 0.4) is 0 Å². The van der Waals surface area contributed by atoms with Crippen LogP contribution in [0, 0.1) is 0 Å². The van der Waals surface area contributed by atoms with Crippen LogP contribution < -0.4 is 5.32 Å². The van der Waals surface area contributed by atoms with E-state index in [-0.39, 0.29) is 0 Å². The lowest BCUT2D eigenvalue weighted by molar-refractivity contribution is -0.0613. The molecule has 4 N–H and O–H groups in total. The summed E-state index contributed by atoms with van der Waals surface area (Å²) in [7, 11) is 1.75. The quantitative estimate of drug-likeness (QED) is 0.515. The van der Waals surface area contributed by atoms with E-state index in [4.69, 9.17) is 4.74 Å².